The number of hydrogen-bond acceptors (Lipinski definition) is 3. The van der Waals surface area contributed by atoms with Gasteiger partial charge in [-0.1, -0.05) is 6.08 Å². The summed E-state index contributed by atoms with van der Waals surface area (Å²) in [5, 5.41) is 3.52. The number of ether oxygens (including phenoxy) is 1. The Hall–Kier alpha value is -1.35. The Kier molecular flexibility index (Phi) is 2.40. The summed E-state index contributed by atoms with van der Waals surface area (Å²) in [4.78, 5) is 4.21. The summed E-state index contributed by atoms with van der Waals surface area (Å²) in [6.07, 6.45) is 8.50. The van der Waals surface area contributed by atoms with Gasteiger partial charge in [-0.3, -0.25) is 4.98 Å². The second-order valence-electron chi connectivity index (χ2n) is 4.54. The highest BCUT2D eigenvalue weighted by Crippen LogP contribution is 2.37. The van der Waals surface area contributed by atoms with Crippen LogP contribution in [0.25, 0.3) is 5.57 Å². The molecule has 3 heteroatoms. The van der Waals surface area contributed by atoms with Gasteiger partial charge in [-0.05, 0) is 42.5 Å². The maximum atomic E-state index is 5.20. The summed E-state index contributed by atoms with van der Waals surface area (Å²) in [5.74, 6) is 1.63. The molecule has 1 fully saturated rings. The standard InChI is InChI=1S/C13H16N2O/c1-16-12-5-11(7-14-8-12)10-4-9-2-3-15-13(9)6-10/h5-9,13,15H,2-4H2,1H3. The lowest BCUT2D eigenvalue weighted by atomic mass is 10.00. The largest absolute Gasteiger partial charge is 0.495 e. The van der Waals surface area contributed by atoms with Gasteiger partial charge in [0.2, 0.25) is 0 Å². The van der Waals surface area contributed by atoms with Gasteiger partial charge < -0.3 is 10.1 Å². The Bertz CT molecular complexity index is 428. The third-order valence-corrected chi connectivity index (χ3v) is 3.59. The summed E-state index contributed by atoms with van der Waals surface area (Å²) in [5.41, 5.74) is 2.61. The average Bonchev–Trinajstić information content (AvgIpc) is 2.89. The van der Waals surface area contributed by atoms with Crippen molar-refractivity contribution in [3.8, 4) is 5.75 Å². The van der Waals surface area contributed by atoms with Crippen LogP contribution >= 0.6 is 0 Å². The van der Waals surface area contributed by atoms with Gasteiger partial charge in [0.1, 0.15) is 5.75 Å². The summed E-state index contributed by atoms with van der Waals surface area (Å²) in [7, 11) is 1.68. The van der Waals surface area contributed by atoms with Gasteiger partial charge in [0.25, 0.3) is 0 Å². The van der Waals surface area contributed by atoms with Crippen LogP contribution in [0.1, 0.15) is 18.4 Å². The highest BCUT2D eigenvalue weighted by atomic mass is 16.5. The van der Waals surface area contributed by atoms with Crippen LogP contribution in [-0.4, -0.2) is 24.7 Å². The molecule has 2 unspecified atom stereocenters. The molecular formula is C13H16N2O. The van der Waals surface area contributed by atoms with E-state index in [1.54, 1.807) is 13.3 Å². The number of aromatic nitrogens is 1. The van der Waals surface area contributed by atoms with E-state index in [9.17, 15) is 0 Å². The minimum atomic E-state index is 0.584. The van der Waals surface area contributed by atoms with E-state index in [-0.39, 0.29) is 0 Å². The van der Waals surface area contributed by atoms with Crippen molar-refractivity contribution in [2.45, 2.75) is 18.9 Å². The molecular weight excluding hydrogens is 200 g/mol. The Morgan fingerprint density at radius 1 is 1.44 bits per heavy atom. The van der Waals surface area contributed by atoms with E-state index in [2.05, 4.69) is 22.4 Å². The summed E-state index contributed by atoms with van der Waals surface area (Å²) in [6, 6.07) is 2.65. The van der Waals surface area contributed by atoms with Crippen molar-refractivity contribution in [2.24, 2.45) is 5.92 Å². The second-order valence-corrected chi connectivity index (χ2v) is 4.54. The zero-order valence-electron chi connectivity index (χ0n) is 9.44. The summed E-state index contributed by atoms with van der Waals surface area (Å²) >= 11 is 0. The van der Waals surface area contributed by atoms with E-state index in [0.29, 0.717) is 6.04 Å². The fraction of sp³-hybridized carbons (Fsp3) is 0.462. The van der Waals surface area contributed by atoms with E-state index >= 15 is 0 Å². The molecule has 1 N–H and O–H groups in total. The predicted octanol–water partition coefficient (Wildman–Crippen LogP) is 1.86. The molecule has 0 spiro atoms. The molecule has 1 aromatic rings. The molecule has 3 nitrogen and oxygen atoms in total. The SMILES string of the molecule is COc1cncc(C2=CC3NCCC3C2)c1. The number of nitrogens with one attached hydrogen (secondary N) is 1. The van der Waals surface area contributed by atoms with Crippen molar-refractivity contribution in [1.29, 1.82) is 0 Å². The molecule has 1 aliphatic carbocycles. The maximum absolute atomic E-state index is 5.20. The molecule has 3 rings (SSSR count). The molecule has 1 aromatic heterocycles. The minimum absolute atomic E-state index is 0.584. The number of nitrogens with zero attached hydrogens (tertiary/aromatic N) is 1. The highest BCUT2D eigenvalue weighted by molar-refractivity contribution is 5.69. The molecule has 2 aliphatic rings. The van der Waals surface area contributed by atoms with Gasteiger partial charge in [0.15, 0.2) is 0 Å². The average molecular weight is 216 g/mol. The first-order chi connectivity index (χ1) is 7.86. The Labute approximate surface area is 95.5 Å². The van der Waals surface area contributed by atoms with E-state index in [1.165, 1.54) is 24.0 Å². The van der Waals surface area contributed by atoms with Crippen LogP contribution in [0.2, 0.25) is 0 Å². The van der Waals surface area contributed by atoms with Gasteiger partial charge in [0, 0.05) is 12.2 Å². The first-order valence-electron chi connectivity index (χ1n) is 5.80. The zero-order chi connectivity index (χ0) is 11.0. The molecule has 1 saturated heterocycles. The number of fused-ring (bicyclic) bond motifs is 1. The molecule has 0 bridgehead atoms. The molecule has 2 atom stereocenters. The fourth-order valence-corrected chi connectivity index (χ4v) is 2.69. The first kappa shape index (κ1) is 9.85. The quantitative estimate of drug-likeness (QED) is 0.819. The van der Waals surface area contributed by atoms with Crippen LogP contribution in [0, 0.1) is 5.92 Å². The van der Waals surface area contributed by atoms with Crippen LogP contribution in [0.5, 0.6) is 5.75 Å². The van der Waals surface area contributed by atoms with Gasteiger partial charge >= 0.3 is 0 Å². The number of hydrogen-bond donors (Lipinski definition) is 1. The van der Waals surface area contributed by atoms with Crippen LogP contribution in [0.3, 0.4) is 0 Å². The van der Waals surface area contributed by atoms with Crippen LogP contribution in [0.4, 0.5) is 0 Å². The molecule has 0 amide bonds. The van der Waals surface area contributed by atoms with Crippen LogP contribution in [0.15, 0.2) is 24.5 Å². The minimum Gasteiger partial charge on any atom is -0.495 e. The predicted molar refractivity (Wildman–Crippen MR) is 63.3 cm³/mol. The number of methoxy groups -OCH3 is 1. The van der Waals surface area contributed by atoms with Crippen molar-refractivity contribution in [3.05, 3.63) is 30.1 Å². The molecule has 0 aromatic carbocycles. The lowest BCUT2D eigenvalue weighted by Gasteiger charge is -2.07. The van der Waals surface area contributed by atoms with Crippen molar-refractivity contribution in [2.75, 3.05) is 13.7 Å². The molecule has 1 aliphatic heterocycles. The van der Waals surface area contributed by atoms with Gasteiger partial charge in [-0.15, -0.1) is 0 Å². The third kappa shape index (κ3) is 1.61. The molecule has 16 heavy (non-hydrogen) atoms. The van der Waals surface area contributed by atoms with Gasteiger partial charge in [-0.2, -0.15) is 0 Å². The fourth-order valence-electron chi connectivity index (χ4n) is 2.69. The molecule has 0 saturated carbocycles. The number of rotatable bonds is 2. The van der Waals surface area contributed by atoms with Crippen molar-refractivity contribution >= 4 is 5.57 Å². The van der Waals surface area contributed by atoms with E-state index < -0.39 is 0 Å². The maximum Gasteiger partial charge on any atom is 0.137 e. The Balaban J connectivity index is 1.87. The summed E-state index contributed by atoms with van der Waals surface area (Å²) < 4.78 is 5.20. The van der Waals surface area contributed by atoms with E-state index in [0.717, 1.165) is 18.2 Å². The molecule has 84 valence electrons. The topological polar surface area (TPSA) is 34.1 Å². The number of pyridine rings is 1. The van der Waals surface area contributed by atoms with E-state index in [1.807, 2.05) is 6.20 Å². The van der Waals surface area contributed by atoms with Crippen LogP contribution in [-0.2, 0) is 0 Å². The van der Waals surface area contributed by atoms with Crippen LogP contribution < -0.4 is 10.1 Å². The number of allylic oxidation sites excluding steroid dienone is 1. The normalized spacial score (nSPS) is 27.7. The van der Waals surface area contributed by atoms with Gasteiger partial charge in [-0.25, -0.2) is 0 Å². The Morgan fingerprint density at radius 2 is 2.38 bits per heavy atom. The second kappa shape index (κ2) is 3.91. The first-order valence-corrected chi connectivity index (χ1v) is 5.80. The van der Waals surface area contributed by atoms with Gasteiger partial charge in [0.05, 0.1) is 13.3 Å². The summed E-state index contributed by atoms with van der Waals surface area (Å²) in [6.45, 7) is 1.16. The highest BCUT2D eigenvalue weighted by Gasteiger charge is 2.31. The van der Waals surface area contributed by atoms with Crippen molar-refractivity contribution in [3.63, 3.8) is 0 Å². The van der Waals surface area contributed by atoms with Crippen molar-refractivity contribution in [1.82, 2.24) is 10.3 Å². The van der Waals surface area contributed by atoms with E-state index in [4.69, 9.17) is 4.74 Å². The zero-order valence-corrected chi connectivity index (χ0v) is 9.44. The lowest BCUT2D eigenvalue weighted by Crippen LogP contribution is -2.20. The monoisotopic (exact) mass is 216 g/mol. The molecule has 2 heterocycles. The van der Waals surface area contributed by atoms with Crippen molar-refractivity contribution < 1.29 is 4.74 Å². The Morgan fingerprint density at radius 3 is 3.19 bits per heavy atom. The lowest BCUT2D eigenvalue weighted by molar-refractivity contribution is 0.412. The third-order valence-electron chi connectivity index (χ3n) is 3.59. The smallest absolute Gasteiger partial charge is 0.137 e. The molecule has 0 radical (unpaired) electrons.